The summed E-state index contributed by atoms with van der Waals surface area (Å²) in [5, 5.41) is 20.0. The normalized spacial score (nSPS) is 10.4. The largest absolute Gasteiger partial charge is 0.319 e. The molecule has 2 aromatic heterocycles. The first kappa shape index (κ1) is 12.0. The van der Waals surface area contributed by atoms with Gasteiger partial charge in [-0.3, -0.25) is 9.89 Å². The van der Waals surface area contributed by atoms with E-state index in [2.05, 4.69) is 36.0 Å². The monoisotopic (exact) mass is 270 g/mol. The highest BCUT2D eigenvalue weighted by Crippen LogP contribution is 2.12. The Labute approximate surface area is 113 Å². The van der Waals surface area contributed by atoms with Gasteiger partial charge in [-0.25, -0.2) is 9.67 Å². The van der Waals surface area contributed by atoms with Crippen molar-refractivity contribution in [2.45, 2.75) is 6.92 Å². The number of nitrogens with one attached hydrogen (secondary N) is 2. The van der Waals surface area contributed by atoms with E-state index >= 15 is 0 Å². The number of aromatic nitrogens is 7. The molecule has 2 N–H and O–H groups in total. The fourth-order valence-corrected chi connectivity index (χ4v) is 1.61. The van der Waals surface area contributed by atoms with Crippen molar-refractivity contribution in [3.05, 3.63) is 42.2 Å². The van der Waals surface area contributed by atoms with E-state index in [1.807, 2.05) is 0 Å². The first-order valence-corrected chi connectivity index (χ1v) is 5.76. The van der Waals surface area contributed by atoms with Gasteiger partial charge in [-0.15, -0.1) is 10.2 Å². The number of hydrogen-bond acceptors (Lipinski definition) is 6. The standard InChI is InChI=1S/C11H10N8O/c1-7-13-10(16-15-7)11(20)14-8-2-4-9(5-3-8)19-6-12-17-18-19/h2-6H,1H3,(H,14,20)(H,13,15,16). The lowest BCUT2D eigenvalue weighted by Crippen LogP contribution is -2.13. The number of H-pyrrole nitrogens is 1. The number of benzene rings is 1. The molecule has 0 aliphatic carbocycles. The number of carbonyl (C=O) groups is 1. The molecule has 0 saturated carbocycles. The maximum atomic E-state index is 11.8. The van der Waals surface area contributed by atoms with Crippen molar-refractivity contribution in [1.29, 1.82) is 0 Å². The number of tetrazole rings is 1. The van der Waals surface area contributed by atoms with E-state index in [0.29, 0.717) is 11.5 Å². The summed E-state index contributed by atoms with van der Waals surface area (Å²) in [6, 6.07) is 7.06. The number of aromatic amines is 1. The highest BCUT2D eigenvalue weighted by Gasteiger charge is 2.11. The van der Waals surface area contributed by atoms with Gasteiger partial charge in [-0.1, -0.05) is 0 Å². The molecule has 3 aromatic rings. The summed E-state index contributed by atoms with van der Waals surface area (Å²) in [6.45, 7) is 1.73. The SMILES string of the molecule is Cc1nc(C(=O)Nc2ccc(-n3cnnn3)cc2)n[nH]1. The summed E-state index contributed by atoms with van der Waals surface area (Å²) >= 11 is 0. The number of hydrogen-bond donors (Lipinski definition) is 2. The number of carbonyl (C=O) groups excluding carboxylic acids is 1. The lowest BCUT2D eigenvalue weighted by atomic mass is 10.3. The van der Waals surface area contributed by atoms with Crippen molar-refractivity contribution in [3.8, 4) is 5.69 Å². The molecule has 1 aromatic carbocycles. The molecule has 0 bridgehead atoms. The molecule has 1 amide bonds. The molecular formula is C11H10N8O. The van der Waals surface area contributed by atoms with E-state index in [4.69, 9.17) is 0 Å². The number of nitrogens with zero attached hydrogens (tertiary/aromatic N) is 6. The Kier molecular flexibility index (Phi) is 2.92. The van der Waals surface area contributed by atoms with Crippen LogP contribution in [0, 0.1) is 6.92 Å². The highest BCUT2D eigenvalue weighted by atomic mass is 16.2. The summed E-state index contributed by atoms with van der Waals surface area (Å²) in [5.74, 6) is 0.320. The Morgan fingerprint density at radius 1 is 1.30 bits per heavy atom. The minimum atomic E-state index is -0.371. The summed E-state index contributed by atoms with van der Waals surface area (Å²) in [7, 11) is 0. The number of rotatable bonds is 3. The second-order valence-electron chi connectivity index (χ2n) is 4.00. The van der Waals surface area contributed by atoms with Gasteiger partial charge in [0.1, 0.15) is 12.2 Å². The number of anilines is 1. The van der Waals surface area contributed by atoms with Crippen molar-refractivity contribution in [2.24, 2.45) is 0 Å². The van der Waals surface area contributed by atoms with Crippen LogP contribution in [0.3, 0.4) is 0 Å². The third-order valence-electron chi connectivity index (χ3n) is 2.54. The molecular weight excluding hydrogens is 260 g/mol. The van der Waals surface area contributed by atoms with Gasteiger partial charge in [-0.05, 0) is 41.6 Å². The number of amides is 1. The van der Waals surface area contributed by atoms with Crippen molar-refractivity contribution in [1.82, 2.24) is 35.4 Å². The Balaban J connectivity index is 1.74. The molecule has 20 heavy (non-hydrogen) atoms. The molecule has 100 valence electrons. The average Bonchev–Trinajstić information content (AvgIpc) is 3.10. The van der Waals surface area contributed by atoms with Crippen LogP contribution in [0.2, 0.25) is 0 Å². The Hall–Kier alpha value is -3.10. The molecule has 0 atom stereocenters. The second-order valence-corrected chi connectivity index (χ2v) is 4.00. The molecule has 0 spiro atoms. The van der Waals surface area contributed by atoms with Gasteiger partial charge in [-0.2, -0.15) is 0 Å². The molecule has 0 radical (unpaired) electrons. The third-order valence-corrected chi connectivity index (χ3v) is 2.54. The lowest BCUT2D eigenvalue weighted by molar-refractivity contribution is 0.101. The fourth-order valence-electron chi connectivity index (χ4n) is 1.61. The predicted octanol–water partition coefficient (Wildman–Crippen LogP) is 0.341. The smallest absolute Gasteiger partial charge is 0.295 e. The average molecular weight is 270 g/mol. The van der Waals surface area contributed by atoms with Crippen LogP contribution in [-0.2, 0) is 0 Å². The van der Waals surface area contributed by atoms with E-state index in [-0.39, 0.29) is 11.7 Å². The maximum absolute atomic E-state index is 11.8. The van der Waals surface area contributed by atoms with Gasteiger partial charge < -0.3 is 5.32 Å². The Morgan fingerprint density at radius 3 is 2.70 bits per heavy atom. The Bertz CT molecular complexity index is 715. The summed E-state index contributed by atoms with van der Waals surface area (Å²) < 4.78 is 1.52. The van der Waals surface area contributed by atoms with Crippen molar-refractivity contribution in [3.63, 3.8) is 0 Å². The maximum Gasteiger partial charge on any atom is 0.295 e. The van der Waals surface area contributed by atoms with Crippen LogP contribution in [0.4, 0.5) is 5.69 Å². The minimum Gasteiger partial charge on any atom is -0.319 e. The van der Waals surface area contributed by atoms with E-state index in [1.54, 1.807) is 31.2 Å². The van der Waals surface area contributed by atoms with Crippen LogP contribution < -0.4 is 5.32 Å². The quantitative estimate of drug-likeness (QED) is 0.709. The van der Waals surface area contributed by atoms with Gasteiger partial charge in [0.25, 0.3) is 5.91 Å². The molecule has 2 heterocycles. The van der Waals surface area contributed by atoms with Gasteiger partial charge in [0, 0.05) is 5.69 Å². The zero-order valence-corrected chi connectivity index (χ0v) is 10.5. The lowest BCUT2D eigenvalue weighted by Gasteiger charge is -2.04. The topological polar surface area (TPSA) is 114 Å². The van der Waals surface area contributed by atoms with E-state index in [9.17, 15) is 4.79 Å². The molecule has 9 heteroatoms. The van der Waals surface area contributed by atoms with Crippen LogP contribution in [0.15, 0.2) is 30.6 Å². The third kappa shape index (κ3) is 2.36. The summed E-state index contributed by atoms with van der Waals surface area (Å²) in [6.07, 6.45) is 1.49. The zero-order chi connectivity index (χ0) is 13.9. The summed E-state index contributed by atoms with van der Waals surface area (Å²) in [4.78, 5) is 15.8. The van der Waals surface area contributed by atoms with E-state index in [0.717, 1.165) is 5.69 Å². The summed E-state index contributed by atoms with van der Waals surface area (Å²) in [5.41, 5.74) is 1.43. The van der Waals surface area contributed by atoms with Crippen molar-refractivity contribution >= 4 is 11.6 Å². The van der Waals surface area contributed by atoms with Gasteiger partial charge >= 0.3 is 0 Å². The van der Waals surface area contributed by atoms with Crippen molar-refractivity contribution in [2.75, 3.05) is 5.32 Å². The minimum absolute atomic E-state index is 0.104. The van der Waals surface area contributed by atoms with Crippen LogP contribution in [0.25, 0.3) is 5.69 Å². The molecule has 0 aliphatic heterocycles. The van der Waals surface area contributed by atoms with Crippen LogP contribution in [-0.4, -0.2) is 41.3 Å². The molecule has 3 rings (SSSR count). The van der Waals surface area contributed by atoms with Crippen LogP contribution in [0.1, 0.15) is 16.4 Å². The highest BCUT2D eigenvalue weighted by molar-refractivity contribution is 6.01. The van der Waals surface area contributed by atoms with Crippen molar-refractivity contribution < 1.29 is 4.79 Å². The zero-order valence-electron chi connectivity index (χ0n) is 10.5. The molecule has 0 unspecified atom stereocenters. The first-order chi connectivity index (χ1) is 9.72. The predicted molar refractivity (Wildman–Crippen MR) is 68.2 cm³/mol. The first-order valence-electron chi connectivity index (χ1n) is 5.76. The molecule has 0 fully saturated rings. The fraction of sp³-hybridized carbons (Fsp3) is 0.0909. The van der Waals surface area contributed by atoms with Gasteiger partial charge in [0.05, 0.1) is 5.69 Å². The van der Waals surface area contributed by atoms with Gasteiger partial charge in [0.2, 0.25) is 5.82 Å². The number of aryl methyl sites for hydroxylation is 1. The Morgan fingerprint density at radius 2 is 2.10 bits per heavy atom. The van der Waals surface area contributed by atoms with E-state index < -0.39 is 0 Å². The molecule has 0 aliphatic rings. The molecule has 0 saturated heterocycles. The molecule has 9 nitrogen and oxygen atoms in total. The second kappa shape index (κ2) is 4.88. The van der Waals surface area contributed by atoms with Gasteiger partial charge in [0.15, 0.2) is 0 Å². The van der Waals surface area contributed by atoms with Crippen LogP contribution in [0.5, 0.6) is 0 Å². The van der Waals surface area contributed by atoms with Crippen LogP contribution >= 0.6 is 0 Å². The van der Waals surface area contributed by atoms with E-state index in [1.165, 1.54) is 11.0 Å².